The van der Waals surface area contributed by atoms with Crippen molar-refractivity contribution in [2.75, 3.05) is 6.54 Å². The summed E-state index contributed by atoms with van der Waals surface area (Å²) in [4.78, 5) is 59.3. The van der Waals surface area contributed by atoms with Crippen LogP contribution in [-0.4, -0.2) is 57.9 Å². The third kappa shape index (κ3) is 10.3. The van der Waals surface area contributed by atoms with Crippen molar-refractivity contribution in [1.29, 1.82) is 0 Å². The van der Waals surface area contributed by atoms with Crippen LogP contribution in [0.25, 0.3) is 10.8 Å². The van der Waals surface area contributed by atoms with Crippen molar-refractivity contribution in [1.82, 2.24) is 26.0 Å². The number of aromatic nitrogens is 2. The Morgan fingerprint density at radius 1 is 0.936 bits per heavy atom. The molecule has 12 nitrogen and oxygen atoms in total. The Labute approximate surface area is 273 Å². The number of nitrogens with zero attached hydrogens (tertiary/aromatic N) is 2. The van der Waals surface area contributed by atoms with Crippen LogP contribution in [0.1, 0.15) is 37.1 Å². The SMILES string of the molecule is CC(C)C[C@H](NC(=O)C(CNC(=O)Cc1cccc2ccccc12)Cc1ccccc1)C(=NNC(N)=O)C(=O)[C@@H](N)Cc1cnc[nH]1. The summed E-state index contributed by atoms with van der Waals surface area (Å²) in [6.07, 6.45) is 3.97. The molecule has 0 radical (unpaired) electrons. The Hall–Kier alpha value is -5.36. The monoisotopic (exact) mass is 638 g/mol. The number of amides is 4. The van der Waals surface area contributed by atoms with Crippen LogP contribution in [0.2, 0.25) is 0 Å². The van der Waals surface area contributed by atoms with Gasteiger partial charge < -0.3 is 27.1 Å². The van der Waals surface area contributed by atoms with E-state index in [4.69, 9.17) is 11.5 Å². The number of carbonyl (C=O) groups excluding carboxylic acids is 4. The van der Waals surface area contributed by atoms with Gasteiger partial charge in [-0.15, -0.1) is 0 Å². The molecule has 8 N–H and O–H groups in total. The van der Waals surface area contributed by atoms with Crippen molar-refractivity contribution in [3.05, 3.63) is 102 Å². The number of nitrogens with two attached hydrogens (primary N) is 2. The second kappa shape index (κ2) is 16.8. The molecule has 0 saturated heterocycles. The molecule has 0 saturated carbocycles. The number of imidazole rings is 1. The molecule has 3 atom stereocenters. The van der Waals surface area contributed by atoms with Crippen molar-refractivity contribution in [3.8, 4) is 0 Å². The smallest absolute Gasteiger partial charge is 0.332 e. The van der Waals surface area contributed by atoms with Gasteiger partial charge in [0.25, 0.3) is 0 Å². The first-order valence-corrected chi connectivity index (χ1v) is 15.6. The molecule has 4 aromatic rings. The lowest BCUT2D eigenvalue weighted by Gasteiger charge is -2.26. The van der Waals surface area contributed by atoms with E-state index in [0.717, 1.165) is 21.9 Å². The number of hydrogen-bond donors (Lipinski definition) is 6. The molecule has 0 fully saturated rings. The van der Waals surface area contributed by atoms with Crippen molar-refractivity contribution >= 4 is 40.1 Å². The average molecular weight is 639 g/mol. The van der Waals surface area contributed by atoms with E-state index in [1.165, 1.54) is 6.33 Å². The number of hydrazone groups is 1. The van der Waals surface area contributed by atoms with Gasteiger partial charge in [0.15, 0.2) is 5.78 Å². The van der Waals surface area contributed by atoms with E-state index in [0.29, 0.717) is 18.5 Å². The van der Waals surface area contributed by atoms with Crippen LogP contribution in [0, 0.1) is 11.8 Å². The number of urea groups is 1. The van der Waals surface area contributed by atoms with Gasteiger partial charge in [0.2, 0.25) is 11.8 Å². The first kappa shape index (κ1) is 34.5. The predicted octanol–water partition coefficient (Wildman–Crippen LogP) is 2.77. The summed E-state index contributed by atoms with van der Waals surface area (Å²) in [6.45, 7) is 3.92. The fourth-order valence-corrected chi connectivity index (χ4v) is 5.41. The molecule has 4 rings (SSSR count). The number of ketones is 1. The van der Waals surface area contributed by atoms with Crippen LogP contribution in [-0.2, 0) is 33.6 Å². The lowest BCUT2D eigenvalue weighted by Crippen LogP contribution is -2.53. The first-order chi connectivity index (χ1) is 22.6. The number of carbonyl (C=O) groups is 4. The van der Waals surface area contributed by atoms with Crippen LogP contribution >= 0.6 is 0 Å². The van der Waals surface area contributed by atoms with E-state index in [-0.39, 0.29) is 36.9 Å². The van der Waals surface area contributed by atoms with E-state index in [2.05, 4.69) is 31.1 Å². The Morgan fingerprint density at radius 2 is 1.66 bits per heavy atom. The number of aromatic amines is 1. The molecular formula is C35H42N8O4. The van der Waals surface area contributed by atoms with Crippen LogP contribution in [0.4, 0.5) is 4.79 Å². The maximum Gasteiger partial charge on any atom is 0.332 e. The molecule has 0 aliphatic carbocycles. The lowest BCUT2D eigenvalue weighted by molar-refractivity contribution is -0.126. The molecule has 1 aromatic heterocycles. The van der Waals surface area contributed by atoms with E-state index in [9.17, 15) is 19.2 Å². The van der Waals surface area contributed by atoms with E-state index in [1.807, 2.05) is 86.6 Å². The Kier molecular flexibility index (Phi) is 12.3. The van der Waals surface area contributed by atoms with Gasteiger partial charge in [-0.25, -0.2) is 15.2 Å². The summed E-state index contributed by atoms with van der Waals surface area (Å²) in [5.74, 6) is -1.86. The quantitative estimate of drug-likeness (QED) is 0.0806. The molecule has 0 spiro atoms. The number of rotatable bonds is 16. The summed E-state index contributed by atoms with van der Waals surface area (Å²) in [5.41, 5.74) is 16.0. The molecule has 0 aliphatic rings. The summed E-state index contributed by atoms with van der Waals surface area (Å²) in [7, 11) is 0. The van der Waals surface area contributed by atoms with Gasteiger partial charge in [-0.05, 0) is 40.7 Å². The van der Waals surface area contributed by atoms with Crippen LogP contribution in [0.5, 0.6) is 0 Å². The summed E-state index contributed by atoms with van der Waals surface area (Å²) in [5, 5.41) is 12.0. The van der Waals surface area contributed by atoms with Crippen molar-refractivity contribution < 1.29 is 19.2 Å². The maximum absolute atomic E-state index is 14.0. The fourth-order valence-electron chi connectivity index (χ4n) is 5.41. The molecule has 4 amide bonds. The molecule has 0 aliphatic heterocycles. The van der Waals surface area contributed by atoms with Gasteiger partial charge in [0.1, 0.15) is 5.71 Å². The molecule has 47 heavy (non-hydrogen) atoms. The number of benzene rings is 3. The number of H-pyrrole nitrogens is 1. The second-order valence-corrected chi connectivity index (χ2v) is 11.9. The highest BCUT2D eigenvalue weighted by Crippen LogP contribution is 2.19. The summed E-state index contributed by atoms with van der Waals surface area (Å²) < 4.78 is 0. The maximum atomic E-state index is 14.0. The zero-order chi connectivity index (χ0) is 33.8. The Morgan fingerprint density at radius 3 is 2.36 bits per heavy atom. The Balaban J connectivity index is 1.55. The standard InChI is InChI=1S/C35H42N8O4/c1-22(2)15-30(32(42-43-35(37)47)33(45)29(36)18-27-20-38-21-40-27)41-34(46)26(16-23-9-4-3-5-10-23)19-39-31(44)17-25-13-8-12-24-11-6-7-14-28(24)25/h3-14,20-22,26,29-30H,15-19,36H2,1-2H3,(H,38,40)(H,39,44)(H,41,46)(H3,37,43,47)/t26?,29-,30-/m0/s1. The zero-order valence-electron chi connectivity index (χ0n) is 26.6. The third-order valence-corrected chi connectivity index (χ3v) is 7.70. The third-order valence-electron chi connectivity index (χ3n) is 7.70. The number of hydrogen-bond acceptors (Lipinski definition) is 7. The minimum absolute atomic E-state index is 0.0173. The van der Waals surface area contributed by atoms with Gasteiger partial charge in [-0.3, -0.25) is 14.4 Å². The van der Waals surface area contributed by atoms with Crippen LogP contribution < -0.4 is 27.5 Å². The molecule has 246 valence electrons. The largest absolute Gasteiger partial charge is 0.355 e. The minimum Gasteiger partial charge on any atom is -0.355 e. The second-order valence-electron chi connectivity index (χ2n) is 11.9. The predicted molar refractivity (Wildman–Crippen MR) is 181 cm³/mol. The molecule has 1 unspecified atom stereocenters. The minimum atomic E-state index is -1.04. The van der Waals surface area contributed by atoms with Crippen molar-refractivity contribution in [3.63, 3.8) is 0 Å². The van der Waals surface area contributed by atoms with Crippen molar-refractivity contribution in [2.45, 2.75) is 51.6 Å². The van der Waals surface area contributed by atoms with E-state index < -0.39 is 35.7 Å². The number of Topliss-reactive ketones (excluding diaryl/α,β-unsaturated/α-hetero) is 1. The highest BCUT2D eigenvalue weighted by atomic mass is 16.2. The average Bonchev–Trinajstić information content (AvgIpc) is 3.56. The number of primary amides is 1. The van der Waals surface area contributed by atoms with E-state index >= 15 is 0 Å². The highest BCUT2D eigenvalue weighted by molar-refractivity contribution is 6.43. The molecule has 3 aromatic carbocycles. The molecular weight excluding hydrogens is 596 g/mol. The van der Waals surface area contributed by atoms with Gasteiger partial charge in [0.05, 0.1) is 30.7 Å². The van der Waals surface area contributed by atoms with E-state index in [1.54, 1.807) is 6.20 Å². The van der Waals surface area contributed by atoms with Gasteiger partial charge in [-0.2, -0.15) is 5.10 Å². The first-order valence-electron chi connectivity index (χ1n) is 15.6. The topological polar surface area (TPSA) is 197 Å². The summed E-state index contributed by atoms with van der Waals surface area (Å²) >= 11 is 0. The van der Waals surface area contributed by atoms with Crippen LogP contribution in [0.15, 0.2) is 90.4 Å². The fraction of sp³-hybridized carbons (Fsp3) is 0.314. The summed E-state index contributed by atoms with van der Waals surface area (Å²) in [6, 6.07) is 20.2. The zero-order valence-corrected chi connectivity index (χ0v) is 26.6. The highest BCUT2D eigenvalue weighted by Gasteiger charge is 2.32. The normalized spacial score (nSPS) is 13.5. The lowest BCUT2D eigenvalue weighted by atomic mass is 9.92. The number of nitrogens with one attached hydrogen (secondary N) is 4. The number of fused-ring (bicyclic) bond motifs is 1. The Bertz CT molecular complexity index is 1680. The molecule has 1 heterocycles. The molecule has 0 bridgehead atoms. The van der Waals surface area contributed by atoms with Crippen LogP contribution in [0.3, 0.4) is 0 Å². The van der Waals surface area contributed by atoms with Gasteiger partial charge in [-0.1, -0.05) is 86.6 Å². The van der Waals surface area contributed by atoms with Gasteiger partial charge in [0, 0.05) is 24.9 Å². The van der Waals surface area contributed by atoms with Crippen molar-refractivity contribution in [2.24, 2.45) is 28.4 Å². The molecule has 12 heteroatoms. The van der Waals surface area contributed by atoms with Gasteiger partial charge >= 0.3 is 6.03 Å².